The summed E-state index contributed by atoms with van der Waals surface area (Å²) in [4.78, 5) is 0. The van der Waals surface area contributed by atoms with Crippen molar-refractivity contribution in [1.29, 1.82) is 0 Å². The first-order chi connectivity index (χ1) is 21.7. The monoisotopic (exact) mass is 661 g/mol. The topological polar surface area (TPSA) is 3.24 Å². The minimum Gasteiger partial charge on any atom is -0.274 e. The van der Waals surface area contributed by atoms with Crippen LogP contribution in [0.25, 0.3) is 10.8 Å². The summed E-state index contributed by atoms with van der Waals surface area (Å²) in [5.41, 5.74) is 1.45. The summed E-state index contributed by atoms with van der Waals surface area (Å²) in [6.07, 6.45) is 17.0. The van der Waals surface area contributed by atoms with Crippen molar-refractivity contribution >= 4 is 48.0 Å². The van der Waals surface area contributed by atoms with Gasteiger partial charge in [0.2, 0.25) is 0 Å². The second-order valence-electron chi connectivity index (χ2n) is 10.7. The molecule has 0 spiro atoms. The largest absolute Gasteiger partial charge is 2.00 e. The van der Waals surface area contributed by atoms with E-state index in [-0.39, 0.29) is 23.1 Å². The van der Waals surface area contributed by atoms with E-state index >= 15 is 0 Å². The molecule has 222 valence electrons. The van der Waals surface area contributed by atoms with E-state index in [1.165, 1.54) is 43.6 Å². The summed E-state index contributed by atoms with van der Waals surface area (Å²) >= 11 is 0. The van der Waals surface area contributed by atoms with Crippen LogP contribution in [0.3, 0.4) is 0 Å². The van der Waals surface area contributed by atoms with Crippen molar-refractivity contribution in [2.45, 2.75) is 13.0 Å². The average molecular weight is 662 g/mol. The van der Waals surface area contributed by atoms with Crippen LogP contribution in [0, 0.1) is 62.9 Å². The predicted molar refractivity (Wildman–Crippen MR) is 194 cm³/mol. The second kappa shape index (κ2) is 17.0. The van der Waals surface area contributed by atoms with Crippen LogP contribution in [-0.2, 0) is 17.1 Å². The van der Waals surface area contributed by atoms with Gasteiger partial charge in [0.15, 0.2) is 0 Å². The van der Waals surface area contributed by atoms with E-state index in [1.54, 1.807) is 0 Å². The van der Waals surface area contributed by atoms with Crippen LogP contribution in [-0.4, -0.2) is 17.8 Å². The van der Waals surface area contributed by atoms with Crippen LogP contribution in [0.15, 0.2) is 133 Å². The van der Waals surface area contributed by atoms with E-state index in [0.717, 1.165) is 0 Å². The van der Waals surface area contributed by atoms with Crippen molar-refractivity contribution in [1.82, 2.24) is 4.67 Å². The Morgan fingerprint density at radius 1 is 0.511 bits per heavy atom. The molecule has 0 heterocycles. The first kappa shape index (κ1) is 34.0. The summed E-state index contributed by atoms with van der Waals surface area (Å²) in [7, 11) is 0.883. The minimum atomic E-state index is -0.734. The fourth-order valence-electron chi connectivity index (χ4n) is 5.72. The van der Waals surface area contributed by atoms with Gasteiger partial charge in [0.05, 0.1) is 0 Å². The van der Waals surface area contributed by atoms with Crippen LogP contribution < -0.4 is 21.2 Å². The van der Waals surface area contributed by atoms with Crippen LogP contribution in [0.2, 0.25) is 0 Å². The van der Waals surface area contributed by atoms with Crippen molar-refractivity contribution in [2.75, 3.05) is 7.05 Å². The number of hydrogen-bond donors (Lipinski definition) is 0. The standard InChI is InChI=1S/C36H32NP2.C5H5.Fe/c1-28(37(2)39(31-20-8-4-9-21-31)32-22-10-5-11-23-32)33-25-15-27-35(33)38(30-18-6-3-7-19-30)36-26-14-17-29-16-12-13-24-34(29)36;1-2-4-5-3-1;/h3-28H,1-2H3;1-5H;/q;;+2/t28-,38+;;/m0../s1. The van der Waals surface area contributed by atoms with Crippen LogP contribution in [0.4, 0.5) is 0 Å². The van der Waals surface area contributed by atoms with E-state index in [1.807, 2.05) is 32.1 Å². The molecule has 0 saturated heterocycles. The third-order valence-corrected chi connectivity index (χ3v) is 13.1. The van der Waals surface area contributed by atoms with Gasteiger partial charge in [0.25, 0.3) is 0 Å². The fourth-order valence-corrected chi connectivity index (χ4v) is 10.8. The average Bonchev–Trinajstić information content (AvgIpc) is 3.83. The minimum absolute atomic E-state index is 0. The molecule has 5 aromatic rings. The van der Waals surface area contributed by atoms with Gasteiger partial charge in [-0.1, -0.05) is 133 Å². The van der Waals surface area contributed by atoms with Crippen molar-refractivity contribution in [3.63, 3.8) is 0 Å². The summed E-state index contributed by atoms with van der Waals surface area (Å²) in [6.45, 7) is 2.38. The zero-order valence-electron chi connectivity index (χ0n) is 25.6. The Morgan fingerprint density at radius 2 is 1.00 bits per heavy atom. The molecular weight excluding hydrogens is 624 g/mol. The third kappa shape index (κ3) is 8.17. The van der Waals surface area contributed by atoms with Gasteiger partial charge in [-0.2, -0.15) is 0 Å². The maximum absolute atomic E-state index is 2.60. The zero-order chi connectivity index (χ0) is 30.1. The van der Waals surface area contributed by atoms with E-state index in [4.69, 9.17) is 0 Å². The normalized spacial score (nSPS) is 16.7. The molecule has 10 radical (unpaired) electrons. The summed E-state index contributed by atoms with van der Waals surface area (Å²) in [5.74, 6) is 1.42. The van der Waals surface area contributed by atoms with Gasteiger partial charge in [-0.15, -0.1) is 0 Å². The first-order valence-corrected chi connectivity index (χ1v) is 17.7. The Balaban J connectivity index is 0.000000609. The second-order valence-corrected chi connectivity index (χ2v) is 15.2. The third-order valence-electron chi connectivity index (χ3n) is 7.97. The van der Waals surface area contributed by atoms with Crippen molar-refractivity contribution in [3.8, 4) is 0 Å². The molecule has 0 aliphatic heterocycles. The zero-order valence-corrected chi connectivity index (χ0v) is 28.5. The summed E-state index contributed by atoms with van der Waals surface area (Å²) < 4.78 is 2.60. The van der Waals surface area contributed by atoms with Crippen molar-refractivity contribution in [2.24, 2.45) is 0 Å². The molecule has 0 N–H and O–H groups in total. The molecule has 5 aromatic carbocycles. The first-order valence-electron chi connectivity index (χ1n) is 15.1. The van der Waals surface area contributed by atoms with Gasteiger partial charge in [0.1, 0.15) is 0 Å². The maximum atomic E-state index is 2.60. The predicted octanol–water partition coefficient (Wildman–Crippen LogP) is 8.39. The summed E-state index contributed by atoms with van der Waals surface area (Å²) in [6, 6.07) is 48.9. The number of rotatable bonds is 8. The number of fused-ring (bicyclic) bond motifs is 1. The van der Waals surface area contributed by atoms with Crippen LogP contribution in [0.5, 0.6) is 0 Å². The van der Waals surface area contributed by atoms with Gasteiger partial charge < -0.3 is 0 Å². The Morgan fingerprint density at radius 3 is 1.58 bits per heavy atom. The number of nitrogens with zero attached hydrogens (tertiary/aromatic N) is 1. The van der Waals surface area contributed by atoms with E-state index in [0.29, 0.717) is 0 Å². The quantitative estimate of drug-likeness (QED) is 0.119. The SMILES string of the molecule is C[C@@H]([C]1[CH][CH][CH][C]1[P@@](c1ccccc1)c1cccc2ccccc12)N(C)P(c1ccccc1)c1ccccc1.[CH]1[CH][CH][CH][CH]1.[Fe+2]. The molecule has 0 amide bonds. The molecule has 7 rings (SSSR count). The molecule has 2 saturated carbocycles. The molecule has 0 aromatic heterocycles. The fraction of sp³-hybridized carbons (Fsp3) is 0.0732. The molecule has 2 fully saturated rings. The molecule has 0 unspecified atom stereocenters. The van der Waals surface area contributed by atoms with E-state index < -0.39 is 16.0 Å². The van der Waals surface area contributed by atoms with Crippen LogP contribution in [0.1, 0.15) is 6.92 Å². The van der Waals surface area contributed by atoms with Gasteiger partial charge in [-0.3, -0.25) is 4.67 Å². The smallest absolute Gasteiger partial charge is 0.274 e. The molecule has 45 heavy (non-hydrogen) atoms. The Labute approximate surface area is 284 Å². The number of benzene rings is 5. The Bertz CT molecular complexity index is 1520. The Kier molecular flexibility index (Phi) is 12.9. The molecule has 0 bridgehead atoms. The van der Waals surface area contributed by atoms with Crippen molar-refractivity contribution in [3.05, 3.63) is 196 Å². The van der Waals surface area contributed by atoms with E-state index in [2.05, 4.69) is 171 Å². The Hall–Kier alpha value is -2.30. The molecule has 2 atom stereocenters. The summed E-state index contributed by atoms with van der Waals surface area (Å²) in [5, 5.41) is 8.21. The van der Waals surface area contributed by atoms with Gasteiger partial charge in [0, 0.05) is 25.7 Å². The van der Waals surface area contributed by atoms with Gasteiger partial charge in [-0.05, 0) is 105 Å². The van der Waals surface area contributed by atoms with Gasteiger partial charge >= 0.3 is 17.1 Å². The molecular formula is C41H37FeNP2+2. The van der Waals surface area contributed by atoms with Crippen LogP contribution >= 0.6 is 16.0 Å². The van der Waals surface area contributed by atoms with Crippen molar-refractivity contribution < 1.29 is 17.1 Å². The molecule has 4 heteroatoms. The number of hydrogen-bond acceptors (Lipinski definition) is 1. The molecule has 2 aliphatic rings. The van der Waals surface area contributed by atoms with Gasteiger partial charge in [-0.25, -0.2) is 0 Å². The van der Waals surface area contributed by atoms with E-state index in [9.17, 15) is 0 Å². The maximum Gasteiger partial charge on any atom is 2.00 e. The molecule has 1 nitrogen and oxygen atoms in total. The molecule has 2 aliphatic carbocycles.